The number of carbonyl (C=O) groups is 1. The predicted octanol–water partition coefficient (Wildman–Crippen LogP) is 1.68. The highest BCUT2D eigenvalue weighted by molar-refractivity contribution is 5.81. The third kappa shape index (κ3) is 3.82. The fraction of sp³-hybridized carbons (Fsp3) is 0.917. The topological polar surface area (TPSA) is 41.1 Å². The largest absolute Gasteiger partial charge is 0.356 e. The summed E-state index contributed by atoms with van der Waals surface area (Å²) in [7, 11) is 0. The number of hydrogen-bond donors (Lipinski definition) is 2. The maximum atomic E-state index is 11.7. The smallest absolute Gasteiger partial charge is 0.225 e. The number of nitrogens with one attached hydrogen (secondary N) is 2. The molecule has 1 fully saturated rings. The van der Waals surface area contributed by atoms with E-state index >= 15 is 0 Å². The first kappa shape index (κ1) is 12.5. The van der Waals surface area contributed by atoms with Crippen molar-refractivity contribution in [3.05, 3.63) is 0 Å². The Balaban J connectivity index is 2.16. The molecule has 0 spiro atoms. The van der Waals surface area contributed by atoms with Crippen LogP contribution in [0.3, 0.4) is 0 Å². The van der Waals surface area contributed by atoms with Crippen LogP contribution < -0.4 is 10.6 Å². The minimum atomic E-state index is -0.219. The van der Waals surface area contributed by atoms with Crippen molar-refractivity contribution in [2.24, 2.45) is 5.41 Å². The highest BCUT2D eigenvalue weighted by Crippen LogP contribution is 2.19. The predicted molar refractivity (Wildman–Crippen MR) is 62.7 cm³/mol. The molecular formula is C12H24N2O. The number of rotatable bonds is 5. The van der Waals surface area contributed by atoms with Gasteiger partial charge < -0.3 is 10.6 Å². The average molecular weight is 212 g/mol. The Labute approximate surface area is 93.0 Å². The molecule has 0 aliphatic carbocycles. The number of carbonyl (C=O) groups excluding carboxylic acids is 1. The van der Waals surface area contributed by atoms with Crippen molar-refractivity contribution in [3.8, 4) is 0 Å². The Morgan fingerprint density at radius 1 is 1.53 bits per heavy atom. The van der Waals surface area contributed by atoms with E-state index in [0.29, 0.717) is 6.04 Å². The summed E-state index contributed by atoms with van der Waals surface area (Å²) in [5.74, 6) is 0.183. The number of hydrogen-bond acceptors (Lipinski definition) is 2. The van der Waals surface area contributed by atoms with Gasteiger partial charge in [-0.25, -0.2) is 0 Å². The molecule has 2 N–H and O–H groups in total. The first-order chi connectivity index (χ1) is 7.06. The maximum Gasteiger partial charge on any atom is 0.225 e. The zero-order valence-corrected chi connectivity index (χ0v) is 10.2. The Bertz CT molecular complexity index is 208. The second-order valence-electron chi connectivity index (χ2n) is 5.08. The third-order valence-corrected chi connectivity index (χ3v) is 3.44. The number of amides is 1. The van der Waals surface area contributed by atoms with E-state index < -0.39 is 0 Å². The average Bonchev–Trinajstić information content (AvgIpc) is 2.70. The molecule has 88 valence electrons. The Kier molecular flexibility index (Phi) is 4.58. The molecule has 1 saturated heterocycles. The van der Waals surface area contributed by atoms with E-state index in [1.165, 1.54) is 12.8 Å². The normalized spacial score (nSPS) is 21.7. The van der Waals surface area contributed by atoms with Crippen molar-refractivity contribution >= 4 is 5.91 Å². The molecule has 15 heavy (non-hydrogen) atoms. The summed E-state index contributed by atoms with van der Waals surface area (Å²) in [6.45, 7) is 7.99. The molecule has 0 radical (unpaired) electrons. The lowest BCUT2D eigenvalue weighted by Gasteiger charge is -2.22. The van der Waals surface area contributed by atoms with Crippen molar-refractivity contribution in [3.63, 3.8) is 0 Å². The van der Waals surface area contributed by atoms with E-state index in [1.807, 2.05) is 13.8 Å². The van der Waals surface area contributed by atoms with Gasteiger partial charge in [-0.3, -0.25) is 4.79 Å². The minimum absolute atomic E-state index is 0.183. The second-order valence-corrected chi connectivity index (χ2v) is 5.08. The van der Waals surface area contributed by atoms with Crippen LogP contribution in [0, 0.1) is 5.41 Å². The van der Waals surface area contributed by atoms with E-state index in [0.717, 1.165) is 25.9 Å². The van der Waals surface area contributed by atoms with Gasteiger partial charge in [-0.2, -0.15) is 0 Å². The van der Waals surface area contributed by atoms with Gasteiger partial charge in [0.1, 0.15) is 0 Å². The standard InChI is InChI=1S/C12H24N2O/c1-4-12(2,3)11(15)14-9-7-10-6-5-8-13-10/h10,13H,4-9H2,1-3H3,(H,14,15)/t10-/m1/s1. The van der Waals surface area contributed by atoms with Gasteiger partial charge in [-0.05, 0) is 32.2 Å². The van der Waals surface area contributed by atoms with Crippen LogP contribution in [0.4, 0.5) is 0 Å². The quantitative estimate of drug-likeness (QED) is 0.728. The summed E-state index contributed by atoms with van der Waals surface area (Å²) in [6, 6.07) is 0.620. The van der Waals surface area contributed by atoms with E-state index in [4.69, 9.17) is 0 Å². The van der Waals surface area contributed by atoms with Crippen LogP contribution in [0.25, 0.3) is 0 Å². The lowest BCUT2D eigenvalue weighted by Crippen LogP contribution is -2.38. The molecule has 3 nitrogen and oxygen atoms in total. The van der Waals surface area contributed by atoms with Crippen molar-refractivity contribution < 1.29 is 4.79 Å². The zero-order chi connectivity index (χ0) is 11.3. The first-order valence-corrected chi connectivity index (χ1v) is 6.08. The van der Waals surface area contributed by atoms with Crippen LogP contribution in [-0.2, 0) is 4.79 Å². The lowest BCUT2D eigenvalue weighted by molar-refractivity contribution is -0.129. The molecule has 1 atom stereocenters. The third-order valence-electron chi connectivity index (χ3n) is 3.44. The Morgan fingerprint density at radius 2 is 2.27 bits per heavy atom. The van der Waals surface area contributed by atoms with E-state index in [9.17, 15) is 4.79 Å². The molecule has 3 heteroatoms. The molecule has 1 aliphatic rings. The summed E-state index contributed by atoms with van der Waals surface area (Å²) in [6.07, 6.45) is 4.48. The van der Waals surface area contributed by atoms with Crippen LogP contribution in [-0.4, -0.2) is 25.0 Å². The van der Waals surface area contributed by atoms with Crippen molar-refractivity contribution in [1.29, 1.82) is 0 Å². The lowest BCUT2D eigenvalue weighted by atomic mass is 9.89. The molecule has 0 bridgehead atoms. The molecule has 1 amide bonds. The maximum absolute atomic E-state index is 11.7. The molecule has 1 heterocycles. The Morgan fingerprint density at radius 3 is 2.80 bits per heavy atom. The zero-order valence-electron chi connectivity index (χ0n) is 10.2. The van der Waals surface area contributed by atoms with Crippen LogP contribution in [0.2, 0.25) is 0 Å². The van der Waals surface area contributed by atoms with Crippen LogP contribution in [0.5, 0.6) is 0 Å². The van der Waals surface area contributed by atoms with Gasteiger partial charge in [-0.15, -0.1) is 0 Å². The molecule has 0 aromatic heterocycles. The fourth-order valence-electron chi connectivity index (χ4n) is 1.76. The molecule has 0 saturated carbocycles. The molecule has 1 aliphatic heterocycles. The highest BCUT2D eigenvalue weighted by atomic mass is 16.2. The summed E-state index contributed by atoms with van der Waals surface area (Å²) in [5, 5.41) is 6.45. The van der Waals surface area contributed by atoms with Crippen LogP contribution >= 0.6 is 0 Å². The van der Waals surface area contributed by atoms with Gasteiger partial charge >= 0.3 is 0 Å². The molecule has 0 unspecified atom stereocenters. The summed E-state index contributed by atoms with van der Waals surface area (Å²) in [5.41, 5.74) is -0.219. The summed E-state index contributed by atoms with van der Waals surface area (Å²) in [4.78, 5) is 11.7. The minimum Gasteiger partial charge on any atom is -0.356 e. The SMILES string of the molecule is CCC(C)(C)C(=O)NCC[C@H]1CCCN1. The molecule has 0 aromatic rings. The second kappa shape index (κ2) is 5.50. The van der Waals surface area contributed by atoms with Crippen molar-refractivity contribution in [1.82, 2.24) is 10.6 Å². The van der Waals surface area contributed by atoms with Gasteiger partial charge in [-0.1, -0.05) is 20.8 Å². The van der Waals surface area contributed by atoms with Gasteiger partial charge in [0.05, 0.1) is 0 Å². The van der Waals surface area contributed by atoms with E-state index in [2.05, 4.69) is 17.6 Å². The Hall–Kier alpha value is -0.570. The van der Waals surface area contributed by atoms with Gasteiger partial charge in [0.25, 0.3) is 0 Å². The molecule has 1 rings (SSSR count). The summed E-state index contributed by atoms with van der Waals surface area (Å²) >= 11 is 0. The fourth-order valence-corrected chi connectivity index (χ4v) is 1.76. The first-order valence-electron chi connectivity index (χ1n) is 6.08. The molecule has 0 aromatic carbocycles. The monoisotopic (exact) mass is 212 g/mol. The van der Waals surface area contributed by atoms with Crippen molar-refractivity contribution in [2.75, 3.05) is 13.1 Å². The van der Waals surface area contributed by atoms with Crippen LogP contribution in [0.1, 0.15) is 46.5 Å². The van der Waals surface area contributed by atoms with E-state index in [-0.39, 0.29) is 11.3 Å². The van der Waals surface area contributed by atoms with Gasteiger partial charge in [0.15, 0.2) is 0 Å². The van der Waals surface area contributed by atoms with Gasteiger partial charge in [0.2, 0.25) is 5.91 Å². The van der Waals surface area contributed by atoms with Crippen LogP contribution in [0.15, 0.2) is 0 Å². The van der Waals surface area contributed by atoms with Gasteiger partial charge in [0, 0.05) is 18.0 Å². The highest BCUT2D eigenvalue weighted by Gasteiger charge is 2.24. The van der Waals surface area contributed by atoms with E-state index in [1.54, 1.807) is 0 Å². The van der Waals surface area contributed by atoms with Crippen molar-refractivity contribution in [2.45, 2.75) is 52.5 Å². The summed E-state index contributed by atoms with van der Waals surface area (Å²) < 4.78 is 0. The molecular weight excluding hydrogens is 188 g/mol.